The Morgan fingerprint density at radius 3 is 2.69 bits per heavy atom. The minimum absolute atomic E-state index is 0.0750. The molecule has 5 rings (SSSR count). The van der Waals surface area contributed by atoms with E-state index >= 15 is 0 Å². The highest BCUT2D eigenvalue weighted by Crippen LogP contribution is 2.46. The third-order valence-corrected chi connectivity index (χ3v) is 9.39. The number of hydrogen-bond acceptors (Lipinski definition) is 5. The average Bonchev–Trinajstić information content (AvgIpc) is 3.49. The van der Waals surface area contributed by atoms with Crippen LogP contribution in [0, 0.1) is 0 Å². The van der Waals surface area contributed by atoms with E-state index < -0.39 is 11.7 Å². The highest BCUT2D eigenvalue weighted by Gasteiger charge is 2.34. The second-order valence-electron chi connectivity index (χ2n) is 8.07. The minimum Gasteiger partial charge on any atom is -0.337 e. The number of nitrogens with zero attached hydrogens (tertiary/aromatic N) is 3. The van der Waals surface area contributed by atoms with Gasteiger partial charge in [0, 0.05) is 29.1 Å². The number of anilines is 1. The van der Waals surface area contributed by atoms with Gasteiger partial charge in [0.25, 0.3) is 10.6 Å². The lowest BCUT2D eigenvalue weighted by atomic mass is 10.1. The van der Waals surface area contributed by atoms with Crippen LogP contribution in [0.1, 0.15) is 23.1 Å². The van der Waals surface area contributed by atoms with Gasteiger partial charge in [0.05, 0.1) is 22.7 Å². The highest BCUT2D eigenvalue weighted by molar-refractivity contribution is 8.08. The number of rotatable bonds is 4. The maximum absolute atomic E-state index is 13.5. The van der Waals surface area contributed by atoms with E-state index in [-0.39, 0.29) is 17.7 Å². The molecule has 0 bridgehead atoms. The molecule has 2 aromatic heterocycles. The summed E-state index contributed by atoms with van der Waals surface area (Å²) in [6.45, 7) is 2.46. The number of thiazole rings is 2. The van der Waals surface area contributed by atoms with Gasteiger partial charge in [-0.1, -0.05) is 52.9 Å². The molecule has 0 radical (unpaired) electrons. The number of alkyl halides is 3. The second-order valence-corrected chi connectivity index (χ2v) is 11.5. The summed E-state index contributed by atoms with van der Waals surface area (Å²) in [5.74, 6) is 0. The highest BCUT2D eigenvalue weighted by atomic mass is 35.5. The van der Waals surface area contributed by atoms with Crippen LogP contribution in [0.5, 0.6) is 0 Å². The molecule has 0 N–H and O–H groups in total. The molecule has 11 heteroatoms. The maximum Gasteiger partial charge on any atom is 0.416 e. The molecule has 0 atom stereocenters. The normalized spacial score (nSPS) is 15.6. The number of thioether (sulfide) groups is 1. The van der Waals surface area contributed by atoms with Crippen LogP contribution in [0.15, 0.2) is 63.7 Å². The van der Waals surface area contributed by atoms with Gasteiger partial charge in [-0.05, 0) is 31.2 Å². The van der Waals surface area contributed by atoms with Crippen molar-refractivity contribution < 1.29 is 17.7 Å². The monoisotopic (exact) mass is 566 g/mol. The van der Waals surface area contributed by atoms with Crippen molar-refractivity contribution in [3.8, 4) is 0 Å². The van der Waals surface area contributed by atoms with Crippen LogP contribution in [-0.2, 0) is 19.3 Å². The zero-order valence-electron chi connectivity index (χ0n) is 19.2. The Kier molecular flexibility index (Phi) is 6.80. The minimum atomic E-state index is -4.42. The van der Waals surface area contributed by atoms with Gasteiger partial charge in [-0.25, -0.2) is 0 Å². The predicted octanol–water partition coefficient (Wildman–Crippen LogP) is 5.14. The van der Waals surface area contributed by atoms with Gasteiger partial charge in [0.15, 0.2) is 12.7 Å². The Balaban J connectivity index is 1.59. The molecule has 4 nitrogen and oxygen atoms in total. The molecule has 0 fully saturated rings. The summed E-state index contributed by atoms with van der Waals surface area (Å²) in [4.78, 5) is 16.3. The average molecular weight is 567 g/mol. The molecule has 1 aliphatic heterocycles. The molecular weight excluding hydrogens is 547 g/mol. The molecule has 2 aromatic carbocycles. The fourth-order valence-corrected chi connectivity index (χ4v) is 7.67. The standard InChI is InChI=1S/C25H20ClF3N3OS3/c1-3-32-21(36-22(23(32)33)24-30(2)18-9-8-16(26)12-19(18)35-24)13-20-31(10-11-34-20)14-15-6-4-5-7-17(15)25(27,28)29/h4-13H,3,14H2,1-2H3/q+1. The van der Waals surface area contributed by atoms with Gasteiger partial charge >= 0.3 is 6.18 Å². The third-order valence-electron chi connectivity index (χ3n) is 5.84. The molecule has 1 aliphatic rings. The van der Waals surface area contributed by atoms with Gasteiger partial charge in [-0.15, -0.1) is 11.3 Å². The van der Waals surface area contributed by atoms with E-state index in [0.29, 0.717) is 16.1 Å². The second kappa shape index (κ2) is 9.74. The Bertz CT molecular complexity index is 1640. The molecule has 3 heterocycles. The van der Waals surface area contributed by atoms with Crippen LogP contribution >= 0.6 is 46.0 Å². The number of halogens is 4. The molecule has 0 spiro atoms. The van der Waals surface area contributed by atoms with Crippen molar-refractivity contribution in [2.75, 3.05) is 11.9 Å². The van der Waals surface area contributed by atoms with Crippen molar-refractivity contribution in [3.63, 3.8) is 0 Å². The van der Waals surface area contributed by atoms with Crippen LogP contribution in [0.2, 0.25) is 5.02 Å². The van der Waals surface area contributed by atoms with Gasteiger partial charge in [0.2, 0.25) is 0 Å². The van der Waals surface area contributed by atoms with Gasteiger partial charge in [-0.3, -0.25) is 9.36 Å². The SMILES string of the molecule is CCn1c(=Cc2scc[n+]2Cc2ccccc2C(F)(F)F)sc(=C2Sc3cc(Cl)ccc3N2C)c1=O. The van der Waals surface area contributed by atoms with Crippen LogP contribution < -0.4 is 24.2 Å². The van der Waals surface area contributed by atoms with E-state index in [4.69, 9.17) is 11.6 Å². The Morgan fingerprint density at radius 2 is 1.94 bits per heavy atom. The van der Waals surface area contributed by atoms with Crippen molar-refractivity contribution in [2.45, 2.75) is 31.1 Å². The summed E-state index contributed by atoms with van der Waals surface area (Å²) < 4.78 is 45.4. The Hall–Kier alpha value is -2.53. The fourth-order valence-electron chi connectivity index (χ4n) is 4.08. The van der Waals surface area contributed by atoms with E-state index in [1.165, 1.54) is 46.6 Å². The first-order valence-electron chi connectivity index (χ1n) is 11.0. The molecule has 0 unspecified atom stereocenters. The Labute approximate surface area is 222 Å². The van der Waals surface area contributed by atoms with Crippen molar-refractivity contribution in [3.05, 3.63) is 94.7 Å². The van der Waals surface area contributed by atoms with Gasteiger partial charge < -0.3 is 4.90 Å². The molecule has 0 aliphatic carbocycles. The smallest absolute Gasteiger partial charge is 0.337 e. The molecule has 0 amide bonds. The van der Waals surface area contributed by atoms with Crippen LogP contribution in [0.3, 0.4) is 0 Å². The molecule has 0 saturated carbocycles. The zero-order chi connectivity index (χ0) is 25.6. The lowest BCUT2D eigenvalue weighted by Gasteiger charge is -2.12. The largest absolute Gasteiger partial charge is 0.416 e. The number of benzene rings is 2. The molecule has 36 heavy (non-hydrogen) atoms. The quantitative estimate of drug-likeness (QED) is 0.321. The topological polar surface area (TPSA) is 29.1 Å². The first kappa shape index (κ1) is 25.1. The summed E-state index contributed by atoms with van der Waals surface area (Å²) in [7, 11) is 1.92. The van der Waals surface area contributed by atoms with E-state index in [0.717, 1.165) is 31.3 Å². The number of hydrogen-bond donors (Lipinski definition) is 0. The van der Waals surface area contributed by atoms with Crippen molar-refractivity contribution >= 4 is 62.8 Å². The summed E-state index contributed by atoms with van der Waals surface area (Å²) in [5, 5.41) is 4.06. The van der Waals surface area contributed by atoms with E-state index in [1.807, 2.05) is 48.5 Å². The maximum atomic E-state index is 13.5. The van der Waals surface area contributed by atoms with Crippen LogP contribution in [0.25, 0.3) is 11.1 Å². The summed E-state index contributed by atoms with van der Waals surface area (Å²) in [5.41, 5.74) is 0.447. The summed E-state index contributed by atoms with van der Waals surface area (Å²) in [6.07, 6.45) is -0.779. The lowest BCUT2D eigenvalue weighted by Crippen LogP contribution is -2.37. The lowest BCUT2D eigenvalue weighted by molar-refractivity contribution is -0.685. The molecule has 0 saturated heterocycles. The van der Waals surface area contributed by atoms with E-state index in [1.54, 1.807) is 21.4 Å². The van der Waals surface area contributed by atoms with Crippen LogP contribution in [0.4, 0.5) is 18.9 Å². The molecule has 4 aromatic rings. The fraction of sp³-hybridized carbons (Fsp3) is 0.200. The van der Waals surface area contributed by atoms with E-state index in [9.17, 15) is 18.0 Å². The number of fused-ring (bicyclic) bond motifs is 1. The van der Waals surface area contributed by atoms with E-state index in [2.05, 4.69) is 0 Å². The first-order chi connectivity index (χ1) is 17.2. The van der Waals surface area contributed by atoms with Gasteiger partial charge in [0.1, 0.15) is 14.2 Å². The van der Waals surface area contributed by atoms with Crippen molar-refractivity contribution in [1.82, 2.24) is 4.57 Å². The summed E-state index contributed by atoms with van der Waals surface area (Å²) in [6, 6.07) is 11.2. The van der Waals surface area contributed by atoms with Crippen LogP contribution in [-0.4, -0.2) is 11.6 Å². The van der Waals surface area contributed by atoms with Crippen molar-refractivity contribution in [2.24, 2.45) is 0 Å². The summed E-state index contributed by atoms with van der Waals surface area (Å²) >= 11 is 10.5. The molecule has 186 valence electrons. The third kappa shape index (κ3) is 4.63. The zero-order valence-corrected chi connectivity index (χ0v) is 22.4. The first-order valence-corrected chi connectivity index (χ1v) is 13.8. The van der Waals surface area contributed by atoms with Gasteiger partial charge in [-0.2, -0.15) is 17.7 Å². The molecular formula is C25H20ClF3N3OS3+. The number of aromatic nitrogens is 2. The van der Waals surface area contributed by atoms with Crippen molar-refractivity contribution in [1.29, 1.82) is 0 Å². The Morgan fingerprint density at radius 1 is 1.17 bits per heavy atom. The predicted molar refractivity (Wildman–Crippen MR) is 141 cm³/mol.